The molecule has 7 heteroatoms. The second kappa shape index (κ2) is 74.0. The lowest BCUT2D eigenvalue weighted by atomic mass is 10.8. The zero-order chi connectivity index (χ0) is 19.2. The summed E-state index contributed by atoms with van der Waals surface area (Å²) in [6.07, 6.45) is 0. The Morgan fingerprint density at radius 3 is 1.05 bits per heavy atom. The van der Waals surface area contributed by atoms with Gasteiger partial charge in [0, 0.05) is 47.6 Å². The molecule has 0 aliphatic rings. The molecule has 0 aromatic carbocycles. The maximum Gasteiger partial charge on any atom is 0.352 e. The first kappa shape index (κ1) is 37.1. The van der Waals surface area contributed by atoms with E-state index in [4.69, 9.17) is 23.4 Å². The van der Waals surface area contributed by atoms with Crippen molar-refractivity contribution in [2.45, 2.75) is 34.6 Å². The first-order chi connectivity index (χ1) is 10.3. The number of aliphatic hydroxyl groups excluding tert-OH is 2. The normalized spacial score (nSPS) is 6.00. The van der Waals surface area contributed by atoms with Gasteiger partial charge in [0.2, 0.25) is 7.05 Å². The number of ether oxygens (including phenoxy) is 2. The van der Waals surface area contributed by atoms with Crippen molar-refractivity contribution < 1.29 is 24.5 Å². The lowest BCUT2D eigenvalue weighted by Gasteiger charge is -1.76. The highest BCUT2D eigenvalue weighted by Crippen LogP contribution is 1.61. The zero-order valence-electron chi connectivity index (χ0n) is 15.3. The number of hydrogen-bond donors (Lipinski definition) is 2. The summed E-state index contributed by atoms with van der Waals surface area (Å²) in [5, 5.41) is 15.1. The molecule has 0 atom stereocenters. The number of hydrogen-bond acceptors (Lipinski definition) is 5. The van der Waals surface area contributed by atoms with Crippen LogP contribution in [0.3, 0.4) is 0 Å². The Bertz CT molecular complexity index is 213. The van der Waals surface area contributed by atoms with Gasteiger partial charge in [-0.2, -0.15) is 4.85 Å². The summed E-state index contributed by atoms with van der Waals surface area (Å²) in [6, 6.07) is 0. The molecule has 0 saturated heterocycles. The number of rotatable bonds is 2. The van der Waals surface area contributed by atoms with Gasteiger partial charge in [0.25, 0.3) is 0 Å². The molecule has 134 valence electrons. The molecule has 0 rings (SSSR count). The highest BCUT2D eigenvalue weighted by Gasteiger charge is 1.75. The van der Waals surface area contributed by atoms with Gasteiger partial charge in [-0.15, -0.1) is 0 Å². The molecule has 0 aromatic rings. The van der Waals surface area contributed by atoms with Crippen molar-refractivity contribution in [3.05, 3.63) is 22.8 Å². The Morgan fingerprint density at radius 2 is 1.05 bits per heavy atom. The SMILES string of the molecule is CCO.CCO.CCOC.CCOC.[C-]#[N+]C.[C-]#[N+]C(C)=O. The predicted molar refractivity (Wildman–Crippen MR) is 90.4 cm³/mol. The lowest BCUT2D eigenvalue weighted by molar-refractivity contribution is -0.112. The van der Waals surface area contributed by atoms with Gasteiger partial charge >= 0.3 is 5.91 Å². The molecule has 2 N–H and O–H groups in total. The van der Waals surface area contributed by atoms with Crippen molar-refractivity contribution in [2.75, 3.05) is 47.7 Å². The lowest BCUT2D eigenvalue weighted by Crippen LogP contribution is -1.73. The van der Waals surface area contributed by atoms with E-state index in [0.29, 0.717) is 0 Å². The number of amides is 1. The Kier molecular flexibility index (Phi) is 125. The number of aliphatic hydroxyl groups is 2. The topological polar surface area (TPSA) is 84.7 Å². The van der Waals surface area contributed by atoms with E-state index in [9.17, 15) is 4.79 Å². The monoisotopic (exact) mass is 322 g/mol. The highest BCUT2D eigenvalue weighted by molar-refractivity contribution is 5.82. The second-order valence-electron chi connectivity index (χ2n) is 2.64. The second-order valence-corrected chi connectivity index (χ2v) is 2.64. The van der Waals surface area contributed by atoms with Crippen LogP contribution < -0.4 is 0 Å². The van der Waals surface area contributed by atoms with Gasteiger partial charge in [-0.3, -0.25) is 0 Å². The molecule has 22 heavy (non-hydrogen) atoms. The van der Waals surface area contributed by atoms with E-state index < -0.39 is 5.91 Å². The highest BCUT2D eigenvalue weighted by atomic mass is 16.5. The molecule has 0 spiro atoms. The van der Waals surface area contributed by atoms with E-state index in [2.05, 4.69) is 19.2 Å². The molecule has 7 nitrogen and oxygen atoms in total. The van der Waals surface area contributed by atoms with Gasteiger partial charge in [-0.05, 0) is 27.7 Å². The summed E-state index contributed by atoms with van der Waals surface area (Å²) in [5.41, 5.74) is 0. The molecule has 0 aliphatic heterocycles. The van der Waals surface area contributed by atoms with Crippen molar-refractivity contribution in [1.82, 2.24) is 0 Å². The van der Waals surface area contributed by atoms with E-state index >= 15 is 0 Å². The minimum atomic E-state index is -0.454. The zero-order valence-corrected chi connectivity index (χ0v) is 15.3. The molecular weight excluding hydrogens is 288 g/mol. The molecule has 0 radical (unpaired) electrons. The van der Waals surface area contributed by atoms with Crippen LogP contribution >= 0.6 is 0 Å². The number of methoxy groups -OCH3 is 2. The molecule has 0 heterocycles. The summed E-state index contributed by atoms with van der Waals surface area (Å²) >= 11 is 0. The number of nitrogens with zero attached hydrogens (tertiary/aromatic N) is 2. The van der Waals surface area contributed by atoms with Crippen molar-refractivity contribution in [3.8, 4) is 0 Å². The third-order valence-electron chi connectivity index (χ3n) is 0.735. The van der Waals surface area contributed by atoms with Gasteiger partial charge in [0.15, 0.2) is 0 Å². The summed E-state index contributed by atoms with van der Waals surface area (Å²) in [7, 11) is 4.78. The number of carbonyl (C=O) groups excluding carboxylic acids is 1. The van der Waals surface area contributed by atoms with Crippen molar-refractivity contribution in [3.63, 3.8) is 0 Å². The van der Waals surface area contributed by atoms with E-state index in [1.807, 2.05) is 13.8 Å². The van der Waals surface area contributed by atoms with Crippen LogP contribution in [0.15, 0.2) is 0 Å². The van der Waals surface area contributed by atoms with Crippen LogP contribution in [0.4, 0.5) is 0 Å². The Labute approximate surface area is 136 Å². The summed E-state index contributed by atoms with van der Waals surface area (Å²) in [6.45, 7) is 22.4. The van der Waals surface area contributed by atoms with Crippen LogP contribution in [0.25, 0.3) is 9.69 Å². The molecule has 0 saturated carbocycles. The van der Waals surface area contributed by atoms with Crippen LogP contribution in [0, 0.1) is 13.1 Å². The van der Waals surface area contributed by atoms with Crippen molar-refractivity contribution >= 4 is 5.91 Å². The van der Waals surface area contributed by atoms with E-state index in [0.717, 1.165) is 13.2 Å². The van der Waals surface area contributed by atoms with Crippen molar-refractivity contribution in [1.29, 1.82) is 0 Å². The van der Waals surface area contributed by atoms with Crippen LogP contribution in [-0.2, 0) is 14.3 Å². The van der Waals surface area contributed by atoms with Gasteiger partial charge in [0.1, 0.15) is 0 Å². The summed E-state index contributed by atoms with van der Waals surface area (Å²) < 4.78 is 9.08. The van der Waals surface area contributed by atoms with Gasteiger partial charge in [-0.1, -0.05) is 0 Å². The third kappa shape index (κ3) is 912. The van der Waals surface area contributed by atoms with Crippen LogP contribution in [0.1, 0.15) is 34.6 Å². The van der Waals surface area contributed by atoms with E-state index in [1.54, 1.807) is 28.1 Å². The Hall–Kier alpha value is -1.51. The third-order valence-corrected chi connectivity index (χ3v) is 0.735. The Balaban J connectivity index is -0.0000000354. The van der Waals surface area contributed by atoms with Crippen LogP contribution in [-0.4, -0.2) is 63.8 Å². The fourth-order valence-electron chi connectivity index (χ4n) is 0. The standard InChI is InChI=1S/C3H3NO.2C3H8O.C2H3N.2C2H6O/c1-3(5)4-2;2*1-3-4-2;1-3-2;2*1-2-3/h1H3;2*3H2,1-2H3;1H3;2*3H,2H2,1H3. The average molecular weight is 322 g/mol. The molecule has 0 fully saturated rings. The fourth-order valence-corrected chi connectivity index (χ4v) is 0. The summed E-state index contributed by atoms with van der Waals surface area (Å²) in [5.74, 6) is -0.454. The first-order valence-corrected chi connectivity index (χ1v) is 6.68. The smallest absolute Gasteiger partial charge is 0.352 e. The molecule has 1 amide bonds. The first-order valence-electron chi connectivity index (χ1n) is 6.68. The van der Waals surface area contributed by atoms with E-state index in [1.165, 1.54) is 14.0 Å². The maximum atomic E-state index is 9.46. The van der Waals surface area contributed by atoms with Gasteiger partial charge in [-0.25, -0.2) is 6.57 Å². The van der Waals surface area contributed by atoms with Crippen LogP contribution in [0.5, 0.6) is 0 Å². The molecule has 0 unspecified atom stereocenters. The van der Waals surface area contributed by atoms with Gasteiger partial charge in [0.05, 0.1) is 6.57 Å². The largest absolute Gasteiger partial charge is 0.397 e. The maximum absolute atomic E-state index is 9.46. The molecule has 0 bridgehead atoms. The minimum absolute atomic E-state index is 0.250. The van der Waals surface area contributed by atoms with Crippen LogP contribution in [0.2, 0.25) is 0 Å². The Morgan fingerprint density at radius 1 is 0.955 bits per heavy atom. The summed E-state index contributed by atoms with van der Waals surface area (Å²) in [4.78, 5) is 14.7. The van der Waals surface area contributed by atoms with Crippen molar-refractivity contribution in [2.24, 2.45) is 0 Å². The van der Waals surface area contributed by atoms with E-state index in [-0.39, 0.29) is 13.2 Å². The predicted octanol–water partition coefficient (Wildman–Crippen LogP) is 2.29. The minimum Gasteiger partial charge on any atom is -0.397 e. The van der Waals surface area contributed by atoms with Gasteiger partial charge < -0.3 is 29.3 Å². The average Bonchev–Trinajstić information content (AvgIpc) is 2.50. The number of carbonyl (C=O) groups is 1. The molecule has 0 aliphatic carbocycles. The quantitative estimate of drug-likeness (QED) is 0.762. The molecular formula is C15H34N2O5. The fraction of sp³-hybridized carbons (Fsp3) is 0.800. The molecule has 0 aromatic heterocycles.